The summed E-state index contributed by atoms with van der Waals surface area (Å²) in [5, 5.41) is 0.155. The number of amides is 2. The molecule has 0 bridgehead atoms. The van der Waals surface area contributed by atoms with Gasteiger partial charge in [0.05, 0.1) is 17.1 Å². The van der Waals surface area contributed by atoms with Crippen LogP contribution in [-0.4, -0.2) is 43.1 Å². The minimum Gasteiger partial charge on any atom is -0.427 e. The second-order valence-electron chi connectivity index (χ2n) is 8.92. The molecule has 11 heteroatoms. The van der Waals surface area contributed by atoms with E-state index in [-0.39, 0.29) is 39.3 Å². The Kier molecular flexibility index (Phi) is 8.38. The monoisotopic (exact) mass is 564 g/mol. The molecule has 2 aliphatic rings. The van der Waals surface area contributed by atoms with Crippen molar-refractivity contribution in [1.29, 1.82) is 0 Å². The molecule has 2 aromatic rings. The Morgan fingerprint density at radius 1 is 1.11 bits per heavy atom. The molecule has 1 unspecified atom stereocenters. The summed E-state index contributed by atoms with van der Waals surface area (Å²) in [5.74, 6) is -1.45. The van der Waals surface area contributed by atoms with Gasteiger partial charge < -0.3 is 4.74 Å². The molecule has 2 amide bonds. The normalized spacial score (nSPS) is 18.3. The van der Waals surface area contributed by atoms with Crippen LogP contribution in [0, 0.1) is 0 Å². The highest BCUT2D eigenvalue weighted by Gasteiger charge is 2.47. The van der Waals surface area contributed by atoms with Gasteiger partial charge in [0.1, 0.15) is 16.7 Å². The molecule has 4 rings (SSSR count). The third-order valence-corrected chi connectivity index (χ3v) is 8.97. The standard InChI is InChI=1S/C26H26Cl2N2O6S/c1-17(31)36-21-10-8-20(9-11-21)30-25(32)16-23(26(30)33)29(14-13-18-5-3-2-4-6-18)37(34,35)24-15-19(27)7-12-22(24)28/h5,7-12,15,23H,2-4,6,13-14,16H2,1H3. The summed E-state index contributed by atoms with van der Waals surface area (Å²) < 4.78 is 33.8. The van der Waals surface area contributed by atoms with Crippen LogP contribution in [0.3, 0.4) is 0 Å². The largest absolute Gasteiger partial charge is 0.427 e. The van der Waals surface area contributed by atoms with Crippen molar-refractivity contribution >= 4 is 56.7 Å². The van der Waals surface area contributed by atoms with E-state index in [9.17, 15) is 22.8 Å². The van der Waals surface area contributed by atoms with Crippen molar-refractivity contribution in [1.82, 2.24) is 4.31 Å². The molecule has 1 aliphatic heterocycles. The van der Waals surface area contributed by atoms with Crippen molar-refractivity contribution < 1.29 is 27.5 Å². The van der Waals surface area contributed by atoms with E-state index in [1.165, 1.54) is 49.4 Å². The number of benzene rings is 2. The van der Waals surface area contributed by atoms with Gasteiger partial charge in [0.2, 0.25) is 15.9 Å². The highest BCUT2D eigenvalue weighted by molar-refractivity contribution is 7.89. The molecule has 2 aromatic carbocycles. The number of carbonyl (C=O) groups excluding carboxylic acids is 3. The van der Waals surface area contributed by atoms with Crippen molar-refractivity contribution in [2.75, 3.05) is 11.4 Å². The molecule has 1 atom stereocenters. The lowest BCUT2D eigenvalue weighted by molar-refractivity contribution is -0.132. The van der Waals surface area contributed by atoms with Crippen LogP contribution < -0.4 is 9.64 Å². The molecule has 8 nitrogen and oxygen atoms in total. The third-order valence-electron chi connectivity index (χ3n) is 6.35. The van der Waals surface area contributed by atoms with Crippen molar-refractivity contribution in [2.24, 2.45) is 0 Å². The maximum atomic E-state index is 13.8. The predicted molar refractivity (Wildman–Crippen MR) is 140 cm³/mol. The molecule has 0 spiro atoms. The van der Waals surface area contributed by atoms with E-state index in [0.29, 0.717) is 6.42 Å². The van der Waals surface area contributed by atoms with Gasteiger partial charge in [0.25, 0.3) is 5.91 Å². The van der Waals surface area contributed by atoms with Gasteiger partial charge in [-0.15, -0.1) is 0 Å². The Morgan fingerprint density at radius 2 is 1.84 bits per heavy atom. The van der Waals surface area contributed by atoms with Gasteiger partial charge in [0.15, 0.2) is 0 Å². The molecule has 0 saturated carbocycles. The van der Waals surface area contributed by atoms with Gasteiger partial charge in [-0.3, -0.25) is 14.4 Å². The summed E-state index contributed by atoms with van der Waals surface area (Å²) in [4.78, 5) is 38.5. The lowest BCUT2D eigenvalue weighted by Gasteiger charge is -2.28. The van der Waals surface area contributed by atoms with Crippen LogP contribution in [0.5, 0.6) is 5.75 Å². The van der Waals surface area contributed by atoms with Crippen molar-refractivity contribution in [2.45, 2.75) is 56.4 Å². The number of ether oxygens (including phenoxy) is 1. The summed E-state index contributed by atoms with van der Waals surface area (Å²) in [6, 6.07) is 8.72. The summed E-state index contributed by atoms with van der Waals surface area (Å²) >= 11 is 12.3. The fraction of sp³-hybridized carbons (Fsp3) is 0.346. The fourth-order valence-corrected chi connectivity index (χ4v) is 6.89. The molecule has 196 valence electrons. The van der Waals surface area contributed by atoms with Crippen LogP contribution in [0.1, 0.15) is 45.4 Å². The zero-order valence-corrected chi connectivity index (χ0v) is 22.5. The van der Waals surface area contributed by atoms with E-state index in [1.807, 2.05) is 0 Å². The molecule has 0 radical (unpaired) electrons. The lowest BCUT2D eigenvalue weighted by Crippen LogP contribution is -2.46. The van der Waals surface area contributed by atoms with Crippen molar-refractivity contribution in [3.05, 3.63) is 64.2 Å². The number of esters is 1. The molecule has 1 saturated heterocycles. The number of rotatable bonds is 8. The van der Waals surface area contributed by atoms with Crippen LogP contribution in [0.2, 0.25) is 10.0 Å². The minimum atomic E-state index is -4.29. The number of halogens is 2. The predicted octanol–water partition coefficient (Wildman–Crippen LogP) is 5.13. The van der Waals surface area contributed by atoms with Crippen LogP contribution >= 0.6 is 23.2 Å². The lowest BCUT2D eigenvalue weighted by atomic mass is 9.97. The van der Waals surface area contributed by atoms with E-state index < -0.39 is 33.8 Å². The Bertz CT molecular complexity index is 1360. The number of nitrogens with zero attached hydrogens (tertiary/aromatic N) is 2. The summed E-state index contributed by atoms with van der Waals surface area (Å²) in [6.45, 7) is 1.27. The molecule has 1 fully saturated rings. The number of hydrogen-bond donors (Lipinski definition) is 0. The number of carbonyl (C=O) groups is 3. The number of imide groups is 1. The molecule has 37 heavy (non-hydrogen) atoms. The van der Waals surface area contributed by atoms with Crippen molar-refractivity contribution in [3.63, 3.8) is 0 Å². The van der Waals surface area contributed by atoms with E-state index in [2.05, 4.69) is 6.08 Å². The van der Waals surface area contributed by atoms with Crippen LogP contribution in [0.25, 0.3) is 0 Å². The number of allylic oxidation sites excluding steroid dienone is 1. The number of sulfonamides is 1. The average Bonchev–Trinajstić information content (AvgIpc) is 3.14. The van der Waals surface area contributed by atoms with Crippen LogP contribution in [0.4, 0.5) is 5.69 Å². The van der Waals surface area contributed by atoms with E-state index >= 15 is 0 Å². The highest BCUT2D eigenvalue weighted by atomic mass is 35.5. The first-order chi connectivity index (χ1) is 17.6. The van der Waals surface area contributed by atoms with E-state index in [4.69, 9.17) is 27.9 Å². The molecule has 0 N–H and O–H groups in total. The Morgan fingerprint density at radius 3 is 2.49 bits per heavy atom. The quantitative estimate of drug-likeness (QED) is 0.190. The maximum Gasteiger partial charge on any atom is 0.308 e. The zero-order chi connectivity index (χ0) is 26.7. The van der Waals surface area contributed by atoms with Gasteiger partial charge in [-0.05, 0) is 74.6 Å². The van der Waals surface area contributed by atoms with Crippen LogP contribution in [0.15, 0.2) is 59.0 Å². The summed E-state index contributed by atoms with van der Waals surface area (Å²) in [7, 11) is -4.29. The van der Waals surface area contributed by atoms with Gasteiger partial charge in [-0.2, -0.15) is 4.31 Å². The van der Waals surface area contributed by atoms with Gasteiger partial charge >= 0.3 is 5.97 Å². The van der Waals surface area contributed by atoms with Gasteiger partial charge in [0, 0.05) is 18.5 Å². The minimum absolute atomic E-state index is 0.0138. The molecule has 0 aromatic heterocycles. The Balaban J connectivity index is 1.67. The number of hydrogen-bond acceptors (Lipinski definition) is 6. The van der Waals surface area contributed by atoms with Crippen molar-refractivity contribution in [3.8, 4) is 5.75 Å². The highest BCUT2D eigenvalue weighted by Crippen LogP contribution is 2.34. The first-order valence-electron chi connectivity index (χ1n) is 11.9. The van der Waals surface area contributed by atoms with Crippen LogP contribution in [-0.2, 0) is 24.4 Å². The first kappa shape index (κ1) is 27.3. The first-order valence-corrected chi connectivity index (χ1v) is 14.1. The second-order valence-corrected chi connectivity index (χ2v) is 11.6. The van der Waals surface area contributed by atoms with Gasteiger partial charge in [-0.25, -0.2) is 13.3 Å². The van der Waals surface area contributed by atoms with Gasteiger partial charge in [-0.1, -0.05) is 34.9 Å². The SMILES string of the molecule is CC(=O)Oc1ccc(N2C(=O)CC(N(CCC3=CCCCC3)S(=O)(=O)c3cc(Cl)ccc3Cl)C2=O)cc1. The molecule has 1 aliphatic carbocycles. The van der Waals surface area contributed by atoms with E-state index in [0.717, 1.165) is 40.5 Å². The zero-order valence-electron chi connectivity index (χ0n) is 20.2. The maximum absolute atomic E-state index is 13.8. The molecular weight excluding hydrogens is 539 g/mol. The topological polar surface area (TPSA) is 101 Å². The third kappa shape index (κ3) is 6.06. The smallest absolute Gasteiger partial charge is 0.308 e. The van der Waals surface area contributed by atoms with E-state index in [1.54, 1.807) is 0 Å². The average molecular weight is 565 g/mol. The molecular formula is C26H26Cl2N2O6S. The summed E-state index contributed by atoms with van der Waals surface area (Å²) in [5.41, 5.74) is 1.37. The molecule has 1 heterocycles. The second kappa shape index (κ2) is 11.3. The Labute approximate surface area is 225 Å². The number of anilines is 1. The fourth-order valence-electron chi connectivity index (χ4n) is 4.57. The Hall–Kier alpha value is -2.72. The summed E-state index contributed by atoms with van der Waals surface area (Å²) in [6.07, 6.45) is 6.14.